The molecular weight excluding hydrogens is 278 g/mol. The highest BCUT2D eigenvalue weighted by Crippen LogP contribution is 2.27. The van der Waals surface area contributed by atoms with Gasteiger partial charge in [-0.1, -0.05) is 38.1 Å². The van der Waals surface area contributed by atoms with Crippen LogP contribution in [0.3, 0.4) is 0 Å². The zero-order chi connectivity index (χ0) is 14.9. The zero-order valence-corrected chi connectivity index (χ0v) is 13.6. The maximum atomic E-state index is 5.68. The van der Waals surface area contributed by atoms with E-state index in [1.165, 1.54) is 16.1 Å². The van der Waals surface area contributed by atoms with Gasteiger partial charge in [0, 0.05) is 17.1 Å². The molecular formula is C18H23NOS. The van der Waals surface area contributed by atoms with Crippen molar-refractivity contribution in [3.05, 3.63) is 54.1 Å². The molecule has 2 nitrogen and oxygen atoms in total. The van der Waals surface area contributed by atoms with E-state index in [1.54, 1.807) is 0 Å². The monoisotopic (exact) mass is 301 g/mol. The minimum Gasteiger partial charge on any atom is -0.494 e. The van der Waals surface area contributed by atoms with Crippen LogP contribution in [0, 0.1) is 0 Å². The molecule has 0 heterocycles. The van der Waals surface area contributed by atoms with Crippen LogP contribution in [0.25, 0.3) is 0 Å². The fraction of sp³-hybridized carbons (Fsp3) is 0.333. The second-order valence-corrected chi connectivity index (χ2v) is 6.08. The summed E-state index contributed by atoms with van der Waals surface area (Å²) in [5, 5.41) is 3.52. The van der Waals surface area contributed by atoms with E-state index in [0.29, 0.717) is 0 Å². The molecule has 2 aromatic rings. The summed E-state index contributed by atoms with van der Waals surface area (Å²) in [6.45, 7) is 5.88. The quantitative estimate of drug-likeness (QED) is 0.677. The van der Waals surface area contributed by atoms with Gasteiger partial charge in [-0.25, -0.2) is 0 Å². The first-order valence-corrected chi connectivity index (χ1v) is 8.49. The van der Waals surface area contributed by atoms with E-state index < -0.39 is 0 Å². The lowest BCUT2D eigenvalue weighted by Crippen LogP contribution is -2.01. The fourth-order valence-corrected chi connectivity index (χ4v) is 2.84. The molecule has 0 aliphatic heterocycles. The summed E-state index contributed by atoms with van der Waals surface area (Å²) in [4.78, 5) is 1.30. The van der Waals surface area contributed by atoms with E-state index in [2.05, 4.69) is 61.6 Å². The molecule has 2 aromatic carbocycles. The van der Waals surface area contributed by atoms with Gasteiger partial charge in [0.05, 0.1) is 6.61 Å². The summed E-state index contributed by atoms with van der Waals surface area (Å²) >= 11 is 1.86. The molecule has 2 rings (SSSR count). The summed E-state index contributed by atoms with van der Waals surface area (Å²) in [5.41, 5.74) is 2.43. The Hall–Kier alpha value is -1.61. The molecule has 0 aliphatic rings. The van der Waals surface area contributed by atoms with Gasteiger partial charge in [0.25, 0.3) is 0 Å². The van der Waals surface area contributed by atoms with Crippen molar-refractivity contribution in [2.24, 2.45) is 0 Å². The Kier molecular flexibility index (Phi) is 6.48. The average molecular weight is 301 g/mol. The highest BCUT2D eigenvalue weighted by atomic mass is 32.2. The minimum atomic E-state index is 0.771. The van der Waals surface area contributed by atoms with Crippen molar-refractivity contribution in [2.45, 2.75) is 31.7 Å². The molecule has 0 atom stereocenters. The molecule has 0 amide bonds. The molecule has 0 saturated carbocycles. The van der Waals surface area contributed by atoms with Crippen LogP contribution in [0.15, 0.2) is 53.4 Å². The number of ether oxygens (including phenoxy) is 1. The summed E-state index contributed by atoms with van der Waals surface area (Å²) in [6, 6.07) is 16.8. The second kappa shape index (κ2) is 8.63. The smallest absolute Gasteiger partial charge is 0.119 e. The van der Waals surface area contributed by atoms with Crippen molar-refractivity contribution in [2.75, 3.05) is 17.7 Å². The number of para-hydroxylation sites is 1. The summed E-state index contributed by atoms with van der Waals surface area (Å²) < 4.78 is 5.68. The first-order chi connectivity index (χ1) is 10.3. The Bertz CT molecular complexity index is 556. The molecule has 0 fully saturated rings. The number of nitrogens with one attached hydrogen (secondary N) is 1. The first-order valence-electron chi connectivity index (χ1n) is 7.51. The molecule has 0 saturated heterocycles. The lowest BCUT2D eigenvalue weighted by atomic mass is 10.2. The van der Waals surface area contributed by atoms with E-state index in [-0.39, 0.29) is 0 Å². The highest BCUT2D eigenvalue weighted by Gasteiger charge is 2.02. The van der Waals surface area contributed by atoms with Crippen LogP contribution < -0.4 is 10.1 Å². The van der Waals surface area contributed by atoms with Gasteiger partial charge in [-0.15, -0.1) is 11.8 Å². The van der Waals surface area contributed by atoms with Gasteiger partial charge in [0.2, 0.25) is 0 Å². The van der Waals surface area contributed by atoms with E-state index in [1.807, 2.05) is 17.8 Å². The summed E-state index contributed by atoms with van der Waals surface area (Å²) in [7, 11) is 0. The predicted octanol–water partition coefficient (Wildman–Crippen LogP) is 5.20. The number of thioether (sulfide) groups is 1. The van der Waals surface area contributed by atoms with Crippen molar-refractivity contribution < 1.29 is 4.74 Å². The lowest BCUT2D eigenvalue weighted by molar-refractivity contribution is 0.317. The minimum absolute atomic E-state index is 0.771. The van der Waals surface area contributed by atoms with Crippen molar-refractivity contribution in [3.8, 4) is 5.75 Å². The maximum absolute atomic E-state index is 5.68. The van der Waals surface area contributed by atoms with Crippen LogP contribution >= 0.6 is 11.8 Å². The summed E-state index contributed by atoms with van der Waals surface area (Å²) in [6.07, 6.45) is 1.03. The number of hydrogen-bond acceptors (Lipinski definition) is 3. The Balaban J connectivity index is 1.99. The normalized spacial score (nSPS) is 10.4. The first kappa shape index (κ1) is 15.8. The SMILES string of the molecule is CCCOc1cccc(CNc2ccccc2SCC)c1. The standard InChI is InChI=1S/C18H23NOS/c1-3-12-20-16-9-7-8-15(13-16)14-19-17-10-5-6-11-18(17)21-4-2/h5-11,13,19H,3-4,12,14H2,1-2H3. The van der Waals surface area contributed by atoms with Crippen LogP contribution in [-0.2, 0) is 6.54 Å². The average Bonchev–Trinajstić information content (AvgIpc) is 2.53. The third-order valence-electron chi connectivity index (χ3n) is 3.04. The van der Waals surface area contributed by atoms with Gasteiger partial charge in [-0.05, 0) is 42.0 Å². The van der Waals surface area contributed by atoms with Crippen LogP contribution in [-0.4, -0.2) is 12.4 Å². The molecule has 112 valence electrons. The Morgan fingerprint density at radius 2 is 1.90 bits per heavy atom. The predicted molar refractivity (Wildman–Crippen MR) is 92.4 cm³/mol. The molecule has 0 aromatic heterocycles. The fourth-order valence-electron chi connectivity index (χ4n) is 2.06. The molecule has 1 N–H and O–H groups in total. The van der Waals surface area contributed by atoms with Gasteiger partial charge in [-0.2, -0.15) is 0 Å². The molecule has 21 heavy (non-hydrogen) atoms. The molecule has 0 aliphatic carbocycles. The Labute approximate surface area is 131 Å². The van der Waals surface area contributed by atoms with Crippen LogP contribution in [0.2, 0.25) is 0 Å². The zero-order valence-electron chi connectivity index (χ0n) is 12.8. The van der Waals surface area contributed by atoms with Crippen molar-refractivity contribution >= 4 is 17.4 Å². The van der Waals surface area contributed by atoms with Crippen LogP contribution in [0.4, 0.5) is 5.69 Å². The van der Waals surface area contributed by atoms with E-state index >= 15 is 0 Å². The Morgan fingerprint density at radius 1 is 1.05 bits per heavy atom. The third kappa shape index (κ3) is 5.01. The topological polar surface area (TPSA) is 21.3 Å². The summed E-state index contributed by atoms with van der Waals surface area (Å²) in [5.74, 6) is 2.03. The third-order valence-corrected chi connectivity index (χ3v) is 4.00. The van der Waals surface area contributed by atoms with Crippen molar-refractivity contribution in [1.82, 2.24) is 0 Å². The van der Waals surface area contributed by atoms with Crippen molar-refractivity contribution in [3.63, 3.8) is 0 Å². The number of rotatable bonds is 8. The van der Waals surface area contributed by atoms with E-state index in [4.69, 9.17) is 4.74 Å². The van der Waals surface area contributed by atoms with Crippen LogP contribution in [0.1, 0.15) is 25.8 Å². The van der Waals surface area contributed by atoms with E-state index in [9.17, 15) is 0 Å². The number of hydrogen-bond donors (Lipinski definition) is 1. The maximum Gasteiger partial charge on any atom is 0.119 e. The van der Waals surface area contributed by atoms with Gasteiger partial charge in [0.15, 0.2) is 0 Å². The van der Waals surface area contributed by atoms with Gasteiger partial charge in [0.1, 0.15) is 5.75 Å². The molecule has 0 spiro atoms. The number of anilines is 1. The Morgan fingerprint density at radius 3 is 2.71 bits per heavy atom. The van der Waals surface area contributed by atoms with Gasteiger partial charge >= 0.3 is 0 Å². The van der Waals surface area contributed by atoms with Gasteiger partial charge < -0.3 is 10.1 Å². The molecule has 0 radical (unpaired) electrons. The molecule has 0 unspecified atom stereocenters. The number of benzene rings is 2. The molecule has 3 heteroatoms. The second-order valence-electron chi connectivity index (χ2n) is 4.78. The lowest BCUT2D eigenvalue weighted by Gasteiger charge is -2.12. The molecule has 0 bridgehead atoms. The largest absolute Gasteiger partial charge is 0.494 e. The van der Waals surface area contributed by atoms with E-state index in [0.717, 1.165) is 31.1 Å². The van der Waals surface area contributed by atoms with Crippen LogP contribution in [0.5, 0.6) is 5.75 Å². The highest BCUT2D eigenvalue weighted by molar-refractivity contribution is 7.99. The van der Waals surface area contributed by atoms with Gasteiger partial charge in [-0.3, -0.25) is 0 Å². The van der Waals surface area contributed by atoms with Crippen molar-refractivity contribution in [1.29, 1.82) is 0 Å².